The number of aryl methyl sites for hydroxylation is 1. The summed E-state index contributed by atoms with van der Waals surface area (Å²) in [7, 11) is 0. The van der Waals surface area contributed by atoms with E-state index >= 15 is 0 Å². The second-order valence-electron chi connectivity index (χ2n) is 5.40. The Labute approximate surface area is 120 Å². The van der Waals surface area contributed by atoms with Gasteiger partial charge in [-0.3, -0.25) is 0 Å². The van der Waals surface area contributed by atoms with Gasteiger partial charge >= 0.3 is 0 Å². The molecule has 0 aliphatic heterocycles. The van der Waals surface area contributed by atoms with E-state index in [0.29, 0.717) is 0 Å². The van der Waals surface area contributed by atoms with E-state index < -0.39 is 0 Å². The summed E-state index contributed by atoms with van der Waals surface area (Å²) in [5.74, 6) is 0. The number of hydrogen-bond acceptors (Lipinski definition) is 1. The van der Waals surface area contributed by atoms with Crippen LogP contribution in [-0.4, -0.2) is 13.1 Å². The van der Waals surface area contributed by atoms with Crippen LogP contribution < -0.4 is 4.90 Å². The normalized spacial score (nSPS) is 10.7. The van der Waals surface area contributed by atoms with Crippen molar-refractivity contribution in [3.8, 4) is 0 Å². The van der Waals surface area contributed by atoms with E-state index in [1.807, 2.05) is 0 Å². The van der Waals surface area contributed by atoms with Crippen molar-refractivity contribution >= 4 is 5.69 Å². The molecule has 0 saturated carbocycles. The predicted molar refractivity (Wildman–Crippen MR) is 87.2 cm³/mol. The van der Waals surface area contributed by atoms with Gasteiger partial charge in [0.15, 0.2) is 0 Å². The van der Waals surface area contributed by atoms with Gasteiger partial charge in [-0.05, 0) is 42.9 Å². The molecule has 0 fully saturated rings. The molecule has 0 N–H and O–H groups in total. The van der Waals surface area contributed by atoms with E-state index in [9.17, 15) is 0 Å². The van der Waals surface area contributed by atoms with Gasteiger partial charge in [-0.15, -0.1) is 0 Å². The van der Waals surface area contributed by atoms with Gasteiger partial charge in [0.2, 0.25) is 0 Å². The van der Waals surface area contributed by atoms with Crippen LogP contribution in [0.1, 0.15) is 64.5 Å². The van der Waals surface area contributed by atoms with Crippen molar-refractivity contribution in [3.63, 3.8) is 0 Å². The molecule has 0 bridgehead atoms. The lowest BCUT2D eigenvalue weighted by Crippen LogP contribution is -2.26. The standard InChI is InChI=1S/C18H31N/c1-5-10-16-12-9-13-18(17(16)11-6-2)19(14-7-3)15-8-4/h9,12-13H,5-8,10-11,14-15H2,1-4H3. The lowest BCUT2D eigenvalue weighted by Gasteiger charge is -2.28. The Morgan fingerprint density at radius 2 is 1.42 bits per heavy atom. The molecule has 0 radical (unpaired) electrons. The van der Waals surface area contributed by atoms with Crippen molar-refractivity contribution in [1.29, 1.82) is 0 Å². The molecule has 0 aliphatic rings. The van der Waals surface area contributed by atoms with Crippen LogP contribution in [0.3, 0.4) is 0 Å². The average molecular weight is 261 g/mol. The zero-order valence-corrected chi connectivity index (χ0v) is 13.3. The summed E-state index contributed by atoms with van der Waals surface area (Å²) in [6, 6.07) is 6.90. The molecular weight excluding hydrogens is 230 g/mol. The third-order valence-corrected chi connectivity index (χ3v) is 3.60. The summed E-state index contributed by atoms with van der Waals surface area (Å²) in [5, 5.41) is 0. The lowest BCUT2D eigenvalue weighted by molar-refractivity contribution is 0.735. The Morgan fingerprint density at radius 1 is 0.789 bits per heavy atom. The largest absolute Gasteiger partial charge is 0.371 e. The fraction of sp³-hybridized carbons (Fsp3) is 0.667. The second-order valence-corrected chi connectivity index (χ2v) is 5.40. The quantitative estimate of drug-likeness (QED) is 0.589. The van der Waals surface area contributed by atoms with Crippen LogP contribution in [0.4, 0.5) is 5.69 Å². The first-order chi connectivity index (χ1) is 9.28. The maximum Gasteiger partial charge on any atom is 0.0401 e. The summed E-state index contributed by atoms with van der Waals surface area (Å²) in [5.41, 5.74) is 4.67. The van der Waals surface area contributed by atoms with Gasteiger partial charge in [0.1, 0.15) is 0 Å². The first-order valence-electron chi connectivity index (χ1n) is 8.14. The number of rotatable bonds is 9. The fourth-order valence-electron chi connectivity index (χ4n) is 2.85. The van der Waals surface area contributed by atoms with Gasteiger partial charge in [-0.1, -0.05) is 52.7 Å². The van der Waals surface area contributed by atoms with Crippen LogP contribution in [-0.2, 0) is 12.8 Å². The summed E-state index contributed by atoms with van der Waals surface area (Å²) in [6.45, 7) is 11.5. The molecule has 0 spiro atoms. The van der Waals surface area contributed by atoms with E-state index in [4.69, 9.17) is 0 Å². The van der Waals surface area contributed by atoms with E-state index in [1.54, 1.807) is 11.1 Å². The molecule has 1 nitrogen and oxygen atoms in total. The molecule has 0 aromatic heterocycles. The highest BCUT2D eigenvalue weighted by Gasteiger charge is 2.12. The smallest absolute Gasteiger partial charge is 0.0401 e. The molecule has 1 heteroatoms. The minimum atomic E-state index is 1.18. The highest BCUT2D eigenvalue weighted by molar-refractivity contribution is 5.57. The molecule has 0 saturated heterocycles. The van der Waals surface area contributed by atoms with Gasteiger partial charge in [0.25, 0.3) is 0 Å². The fourth-order valence-corrected chi connectivity index (χ4v) is 2.85. The van der Waals surface area contributed by atoms with Crippen LogP contribution in [0, 0.1) is 0 Å². The van der Waals surface area contributed by atoms with Crippen LogP contribution in [0.5, 0.6) is 0 Å². The molecule has 0 unspecified atom stereocenters. The van der Waals surface area contributed by atoms with Gasteiger partial charge in [-0.2, -0.15) is 0 Å². The van der Waals surface area contributed by atoms with Crippen LogP contribution in [0.25, 0.3) is 0 Å². The minimum Gasteiger partial charge on any atom is -0.371 e. The molecule has 1 aromatic carbocycles. The maximum absolute atomic E-state index is 2.59. The van der Waals surface area contributed by atoms with Gasteiger partial charge in [-0.25, -0.2) is 0 Å². The topological polar surface area (TPSA) is 3.24 Å². The van der Waals surface area contributed by atoms with Crippen molar-refractivity contribution in [3.05, 3.63) is 29.3 Å². The van der Waals surface area contributed by atoms with E-state index in [1.165, 1.54) is 57.3 Å². The van der Waals surface area contributed by atoms with Crippen molar-refractivity contribution in [2.24, 2.45) is 0 Å². The zero-order chi connectivity index (χ0) is 14.1. The Kier molecular flexibility index (Phi) is 7.62. The number of hydrogen-bond donors (Lipinski definition) is 0. The minimum absolute atomic E-state index is 1.18. The molecule has 0 atom stereocenters. The molecule has 1 rings (SSSR count). The predicted octanol–water partition coefficient (Wildman–Crippen LogP) is 5.22. The van der Waals surface area contributed by atoms with E-state index in [2.05, 4.69) is 50.8 Å². The first kappa shape index (κ1) is 16.1. The van der Waals surface area contributed by atoms with Crippen LogP contribution in [0.2, 0.25) is 0 Å². The maximum atomic E-state index is 2.59. The number of nitrogens with zero attached hydrogens (tertiary/aromatic N) is 1. The van der Waals surface area contributed by atoms with E-state index in [0.717, 1.165) is 0 Å². The van der Waals surface area contributed by atoms with Gasteiger partial charge < -0.3 is 4.90 Å². The third kappa shape index (κ3) is 4.56. The second kappa shape index (κ2) is 9.01. The van der Waals surface area contributed by atoms with Gasteiger partial charge in [0.05, 0.1) is 0 Å². The Bertz CT molecular complexity index is 351. The van der Waals surface area contributed by atoms with Crippen LogP contribution in [0.15, 0.2) is 18.2 Å². The Hall–Kier alpha value is -0.980. The summed E-state index contributed by atoms with van der Waals surface area (Å²) < 4.78 is 0. The molecule has 0 heterocycles. The Balaban J connectivity index is 3.10. The summed E-state index contributed by atoms with van der Waals surface area (Å²) in [6.07, 6.45) is 7.36. The molecule has 0 aliphatic carbocycles. The first-order valence-corrected chi connectivity index (χ1v) is 8.14. The number of benzene rings is 1. The van der Waals surface area contributed by atoms with Crippen molar-refractivity contribution in [1.82, 2.24) is 0 Å². The van der Waals surface area contributed by atoms with E-state index in [-0.39, 0.29) is 0 Å². The monoisotopic (exact) mass is 261 g/mol. The summed E-state index contributed by atoms with van der Waals surface area (Å²) in [4.78, 5) is 2.59. The molecule has 0 amide bonds. The number of anilines is 1. The SMILES string of the molecule is CCCc1cccc(N(CCC)CCC)c1CCC. The average Bonchev–Trinajstić information content (AvgIpc) is 2.41. The lowest BCUT2D eigenvalue weighted by atomic mass is 9.97. The molecular formula is C18H31N. The van der Waals surface area contributed by atoms with Crippen LogP contribution >= 0.6 is 0 Å². The molecule has 1 aromatic rings. The van der Waals surface area contributed by atoms with Gasteiger partial charge in [0, 0.05) is 18.8 Å². The Morgan fingerprint density at radius 3 is 1.95 bits per heavy atom. The third-order valence-electron chi connectivity index (χ3n) is 3.60. The molecule has 19 heavy (non-hydrogen) atoms. The van der Waals surface area contributed by atoms with Crippen molar-refractivity contribution in [2.75, 3.05) is 18.0 Å². The summed E-state index contributed by atoms with van der Waals surface area (Å²) >= 11 is 0. The zero-order valence-electron chi connectivity index (χ0n) is 13.3. The highest BCUT2D eigenvalue weighted by Crippen LogP contribution is 2.27. The van der Waals surface area contributed by atoms with Crippen molar-refractivity contribution < 1.29 is 0 Å². The highest BCUT2D eigenvalue weighted by atomic mass is 15.1. The molecule has 108 valence electrons. The van der Waals surface area contributed by atoms with Crippen molar-refractivity contribution in [2.45, 2.75) is 66.2 Å².